The number of carbonyl (C=O) groups is 1. The van der Waals surface area contributed by atoms with Crippen molar-refractivity contribution in [1.29, 1.82) is 0 Å². The van der Waals surface area contributed by atoms with Crippen LogP contribution in [0.3, 0.4) is 0 Å². The highest BCUT2D eigenvalue weighted by Crippen LogP contribution is 2.22. The monoisotopic (exact) mass is 328 g/mol. The Morgan fingerprint density at radius 2 is 1.96 bits per heavy atom. The van der Waals surface area contributed by atoms with E-state index in [1.165, 1.54) is 18.2 Å². The number of unbranched alkanes of at least 4 members (excludes halogenated alkanes) is 2. The van der Waals surface area contributed by atoms with Crippen LogP contribution in [0.15, 0.2) is 48.5 Å². The lowest BCUT2D eigenvalue weighted by Crippen LogP contribution is -2.14. The van der Waals surface area contributed by atoms with Crippen LogP contribution < -0.4 is 10.1 Å². The first-order valence-corrected chi connectivity index (χ1v) is 7.89. The molecular formula is C18H20N2O4. The largest absolute Gasteiger partial charge is 0.493 e. The Kier molecular flexibility index (Phi) is 6.31. The van der Waals surface area contributed by atoms with Gasteiger partial charge in [0.25, 0.3) is 11.6 Å². The molecule has 0 aliphatic rings. The number of para-hydroxylation sites is 1. The van der Waals surface area contributed by atoms with Gasteiger partial charge in [-0.1, -0.05) is 38.0 Å². The molecule has 0 spiro atoms. The van der Waals surface area contributed by atoms with Crippen molar-refractivity contribution >= 4 is 17.3 Å². The number of nitrogens with one attached hydrogen (secondary N) is 1. The van der Waals surface area contributed by atoms with Gasteiger partial charge in [0.05, 0.1) is 17.1 Å². The van der Waals surface area contributed by atoms with Crippen LogP contribution in [0.25, 0.3) is 0 Å². The third-order valence-corrected chi connectivity index (χ3v) is 3.45. The van der Waals surface area contributed by atoms with E-state index in [1.54, 1.807) is 30.3 Å². The molecule has 0 aliphatic heterocycles. The molecule has 1 amide bonds. The van der Waals surface area contributed by atoms with Crippen LogP contribution in [0.2, 0.25) is 0 Å². The lowest BCUT2D eigenvalue weighted by Gasteiger charge is -2.11. The number of anilines is 1. The SMILES string of the molecule is CCCCCOc1ccccc1C(=O)Nc1cccc([N+](=O)[O-])c1. The molecule has 2 aromatic rings. The van der Waals surface area contributed by atoms with Crippen molar-refractivity contribution in [2.45, 2.75) is 26.2 Å². The zero-order chi connectivity index (χ0) is 17.4. The van der Waals surface area contributed by atoms with Gasteiger partial charge in [0.2, 0.25) is 0 Å². The maximum Gasteiger partial charge on any atom is 0.271 e. The molecule has 0 radical (unpaired) electrons. The normalized spacial score (nSPS) is 10.2. The van der Waals surface area contributed by atoms with Crippen molar-refractivity contribution in [3.8, 4) is 5.75 Å². The fourth-order valence-electron chi connectivity index (χ4n) is 2.21. The van der Waals surface area contributed by atoms with Crippen molar-refractivity contribution in [1.82, 2.24) is 0 Å². The summed E-state index contributed by atoms with van der Waals surface area (Å²) in [6.07, 6.45) is 3.09. The molecular weight excluding hydrogens is 308 g/mol. The van der Waals surface area contributed by atoms with E-state index < -0.39 is 4.92 Å². The van der Waals surface area contributed by atoms with E-state index in [0.717, 1.165) is 19.3 Å². The summed E-state index contributed by atoms with van der Waals surface area (Å²) >= 11 is 0. The molecule has 0 unspecified atom stereocenters. The fraction of sp³-hybridized carbons (Fsp3) is 0.278. The van der Waals surface area contributed by atoms with E-state index in [1.807, 2.05) is 0 Å². The number of benzene rings is 2. The first kappa shape index (κ1) is 17.5. The van der Waals surface area contributed by atoms with E-state index in [2.05, 4.69) is 12.2 Å². The zero-order valence-electron chi connectivity index (χ0n) is 13.5. The number of nitrogens with zero attached hydrogens (tertiary/aromatic N) is 1. The molecule has 0 aromatic heterocycles. The Morgan fingerprint density at radius 3 is 2.71 bits per heavy atom. The Hall–Kier alpha value is -2.89. The minimum absolute atomic E-state index is 0.0723. The number of nitro benzene ring substituents is 1. The highest BCUT2D eigenvalue weighted by atomic mass is 16.6. The van der Waals surface area contributed by atoms with Gasteiger partial charge in [-0.25, -0.2) is 0 Å². The smallest absolute Gasteiger partial charge is 0.271 e. The van der Waals surface area contributed by atoms with Crippen molar-refractivity contribution in [2.75, 3.05) is 11.9 Å². The molecule has 6 nitrogen and oxygen atoms in total. The molecule has 0 fully saturated rings. The fourth-order valence-corrected chi connectivity index (χ4v) is 2.21. The molecule has 0 saturated carbocycles. The standard InChI is InChI=1S/C18H20N2O4/c1-2-3-6-12-24-17-11-5-4-10-16(17)18(21)19-14-8-7-9-15(13-14)20(22)23/h4-5,7-11,13H,2-3,6,12H2,1H3,(H,19,21). The summed E-state index contributed by atoms with van der Waals surface area (Å²) in [5, 5.41) is 13.5. The second-order valence-electron chi connectivity index (χ2n) is 5.31. The molecule has 2 aromatic carbocycles. The van der Waals surface area contributed by atoms with Gasteiger partial charge >= 0.3 is 0 Å². The molecule has 24 heavy (non-hydrogen) atoms. The Bertz CT molecular complexity index is 716. The number of amides is 1. The minimum Gasteiger partial charge on any atom is -0.493 e. The van der Waals surface area contributed by atoms with Gasteiger partial charge in [-0.15, -0.1) is 0 Å². The highest BCUT2D eigenvalue weighted by Gasteiger charge is 2.14. The van der Waals surface area contributed by atoms with Crippen LogP contribution in [0.4, 0.5) is 11.4 Å². The van der Waals surface area contributed by atoms with Crippen molar-refractivity contribution in [3.05, 3.63) is 64.2 Å². The van der Waals surface area contributed by atoms with E-state index in [0.29, 0.717) is 23.6 Å². The van der Waals surface area contributed by atoms with Gasteiger partial charge in [0, 0.05) is 17.8 Å². The van der Waals surface area contributed by atoms with Crippen LogP contribution in [-0.2, 0) is 0 Å². The van der Waals surface area contributed by atoms with Crippen LogP contribution in [0, 0.1) is 10.1 Å². The molecule has 0 saturated heterocycles. The summed E-state index contributed by atoms with van der Waals surface area (Å²) in [6, 6.07) is 12.8. The Labute approximate surface area is 140 Å². The average Bonchev–Trinajstić information content (AvgIpc) is 2.59. The number of rotatable bonds is 8. The molecule has 0 heterocycles. The summed E-state index contributed by atoms with van der Waals surface area (Å²) in [6.45, 7) is 2.66. The van der Waals surface area contributed by atoms with Gasteiger partial charge < -0.3 is 10.1 Å². The van der Waals surface area contributed by atoms with Gasteiger partial charge in [-0.2, -0.15) is 0 Å². The van der Waals surface area contributed by atoms with Gasteiger partial charge in [0.15, 0.2) is 0 Å². The van der Waals surface area contributed by atoms with Crippen LogP contribution in [0.1, 0.15) is 36.5 Å². The van der Waals surface area contributed by atoms with Gasteiger partial charge in [-0.05, 0) is 24.6 Å². The number of carbonyl (C=O) groups excluding carboxylic acids is 1. The molecule has 0 bridgehead atoms. The first-order valence-electron chi connectivity index (χ1n) is 7.89. The lowest BCUT2D eigenvalue weighted by molar-refractivity contribution is -0.384. The van der Waals surface area contributed by atoms with E-state index >= 15 is 0 Å². The molecule has 0 atom stereocenters. The van der Waals surface area contributed by atoms with E-state index in [-0.39, 0.29) is 11.6 Å². The minimum atomic E-state index is -0.500. The molecule has 1 N–H and O–H groups in total. The topological polar surface area (TPSA) is 81.5 Å². The second-order valence-corrected chi connectivity index (χ2v) is 5.31. The van der Waals surface area contributed by atoms with Crippen molar-refractivity contribution < 1.29 is 14.5 Å². The van der Waals surface area contributed by atoms with E-state index in [4.69, 9.17) is 4.74 Å². The van der Waals surface area contributed by atoms with Crippen molar-refractivity contribution in [3.63, 3.8) is 0 Å². The van der Waals surface area contributed by atoms with Crippen molar-refractivity contribution in [2.24, 2.45) is 0 Å². The lowest BCUT2D eigenvalue weighted by atomic mass is 10.1. The van der Waals surface area contributed by atoms with Crippen LogP contribution in [0.5, 0.6) is 5.75 Å². The van der Waals surface area contributed by atoms with Gasteiger partial charge in [0.1, 0.15) is 5.75 Å². The number of ether oxygens (including phenoxy) is 1. The molecule has 0 aliphatic carbocycles. The van der Waals surface area contributed by atoms with Crippen LogP contribution >= 0.6 is 0 Å². The molecule has 126 valence electrons. The quantitative estimate of drug-likeness (QED) is 0.442. The number of nitro groups is 1. The van der Waals surface area contributed by atoms with Crippen LogP contribution in [-0.4, -0.2) is 17.4 Å². The summed E-state index contributed by atoms with van der Waals surface area (Å²) in [5.74, 6) is 0.151. The first-order chi connectivity index (χ1) is 11.6. The third-order valence-electron chi connectivity index (χ3n) is 3.45. The Balaban J connectivity index is 2.09. The maximum atomic E-state index is 12.4. The third kappa shape index (κ3) is 4.81. The average molecular weight is 328 g/mol. The predicted octanol–water partition coefficient (Wildman–Crippen LogP) is 4.42. The number of hydrogen-bond donors (Lipinski definition) is 1. The summed E-state index contributed by atoms with van der Waals surface area (Å²) in [7, 11) is 0. The zero-order valence-corrected chi connectivity index (χ0v) is 13.5. The summed E-state index contributed by atoms with van der Waals surface area (Å²) in [5.41, 5.74) is 0.701. The maximum absolute atomic E-state index is 12.4. The number of non-ortho nitro benzene ring substituents is 1. The summed E-state index contributed by atoms with van der Waals surface area (Å²) < 4.78 is 5.69. The number of hydrogen-bond acceptors (Lipinski definition) is 4. The Morgan fingerprint density at radius 1 is 1.17 bits per heavy atom. The molecule has 6 heteroatoms. The summed E-state index contributed by atoms with van der Waals surface area (Å²) in [4.78, 5) is 22.8. The predicted molar refractivity (Wildman–Crippen MR) is 92.5 cm³/mol. The highest BCUT2D eigenvalue weighted by molar-refractivity contribution is 6.06. The molecule has 2 rings (SSSR count). The van der Waals surface area contributed by atoms with E-state index in [9.17, 15) is 14.9 Å². The van der Waals surface area contributed by atoms with Gasteiger partial charge in [-0.3, -0.25) is 14.9 Å². The second kappa shape index (κ2) is 8.67.